The zero-order valence-electron chi connectivity index (χ0n) is 18.1. The molecule has 7 heteroatoms. The van der Waals surface area contributed by atoms with Crippen LogP contribution in [0.2, 0.25) is 0 Å². The van der Waals surface area contributed by atoms with Gasteiger partial charge in [0.2, 0.25) is 5.91 Å². The van der Waals surface area contributed by atoms with Gasteiger partial charge in [-0.25, -0.2) is 0 Å². The molecule has 1 saturated heterocycles. The Kier molecular flexibility index (Phi) is 6.82. The number of H-pyrrole nitrogens is 1. The first-order chi connectivity index (χ1) is 15.2. The highest BCUT2D eigenvalue weighted by molar-refractivity contribution is 5.87. The van der Waals surface area contributed by atoms with E-state index in [0.717, 1.165) is 37.1 Å². The molecule has 0 spiro atoms. The van der Waals surface area contributed by atoms with Gasteiger partial charge in [-0.05, 0) is 62.4 Å². The number of rotatable bonds is 8. The molecule has 4 rings (SSSR count). The van der Waals surface area contributed by atoms with Crippen molar-refractivity contribution in [3.05, 3.63) is 59.3 Å². The third-order valence-electron chi connectivity index (χ3n) is 6.09. The maximum absolute atomic E-state index is 12.9. The number of carbonyl (C=O) groups excluding carboxylic acids is 1. The Hall–Kier alpha value is -2.93. The molecule has 2 fully saturated rings. The van der Waals surface area contributed by atoms with Gasteiger partial charge in [0.25, 0.3) is 5.56 Å². The molecule has 1 amide bonds. The van der Waals surface area contributed by atoms with Gasteiger partial charge in [0.1, 0.15) is 5.69 Å². The number of carbonyl (C=O) groups is 1. The molecule has 0 unspecified atom stereocenters. The maximum Gasteiger partial charge on any atom is 0.271 e. The molecular weight excluding hydrogens is 390 g/mol. The topological polar surface area (TPSA) is 81.3 Å². The van der Waals surface area contributed by atoms with E-state index in [1.807, 2.05) is 36.2 Å². The highest BCUT2D eigenvalue weighted by atomic mass is 16.2. The molecule has 31 heavy (non-hydrogen) atoms. The Balaban J connectivity index is 1.59. The van der Waals surface area contributed by atoms with Crippen molar-refractivity contribution in [3.63, 3.8) is 0 Å². The van der Waals surface area contributed by atoms with E-state index in [4.69, 9.17) is 0 Å². The van der Waals surface area contributed by atoms with Crippen molar-refractivity contribution >= 4 is 11.6 Å². The Bertz CT molecular complexity index is 967. The third-order valence-corrected chi connectivity index (χ3v) is 6.09. The summed E-state index contributed by atoms with van der Waals surface area (Å²) in [6.07, 6.45) is 13.1. The SMILES string of the molecule is CNC/C=C/C(=O)N1CCC[C@H](N(CC2CC2)c2cc(-c3ccncc3)c[nH]c2=O)C1. The molecular formula is C24H31N5O2. The van der Waals surface area contributed by atoms with Crippen molar-refractivity contribution in [1.29, 1.82) is 0 Å². The van der Waals surface area contributed by atoms with Gasteiger partial charge in [0.05, 0.1) is 0 Å². The molecule has 164 valence electrons. The van der Waals surface area contributed by atoms with Gasteiger partial charge < -0.3 is 20.1 Å². The number of nitrogens with zero attached hydrogens (tertiary/aromatic N) is 3. The van der Waals surface area contributed by atoms with Crippen molar-refractivity contribution in [2.75, 3.05) is 38.1 Å². The summed E-state index contributed by atoms with van der Waals surface area (Å²) in [6, 6.07) is 6.02. The fourth-order valence-electron chi connectivity index (χ4n) is 4.21. The van der Waals surface area contributed by atoms with Gasteiger partial charge in [0, 0.05) is 62.5 Å². The van der Waals surface area contributed by atoms with Crippen LogP contribution in [-0.2, 0) is 4.79 Å². The maximum atomic E-state index is 12.9. The molecule has 0 aromatic carbocycles. The fraction of sp³-hybridized carbons (Fsp3) is 0.458. The summed E-state index contributed by atoms with van der Waals surface area (Å²) in [5, 5.41) is 3.02. The molecule has 0 bridgehead atoms. The quantitative estimate of drug-likeness (QED) is 0.640. The lowest BCUT2D eigenvalue weighted by Crippen LogP contribution is -2.51. The predicted octanol–water partition coefficient (Wildman–Crippen LogP) is 2.42. The number of likely N-dealkylation sites (N-methyl/N-ethyl adjacent to an activating group) is 1. The largest absolute Gasteiger partial charge is 0.362 e. The molecule has 2 N–H and O–H groups in total. The van der Waals surface area contributed by atoms with Crippen LogP contribution >= 0.6 is 0 Å². The van der Waals surface area contributed by atoms with Crippen LogP contribution in [0.3, 0.4) is 0 Å². The lowest BCUT2D eigenvalue weighted by atomic mass is 10.0. The second kappa shape index (κ2) is 9.92. The van der Waals surface area contributed by atoms with Crippen molar-refractivity contribution < 1.29 is 4.79 Å². The van der Waals surface area contributed by atoms with E-state index < -0.39 is 0 Å². The lowest BCUT2D eigenvalue weighted by Gasteiger charge is -2.40. The van der Waals surface area contributed by atoms with Crippen LogP contribution < -0.4 is 15.8 Å². The first-order valence-electron chi connectivity index (χ1n) is 11.2. The number of aromatic nitrogens is 2. The number of likely N-dealkylation sites (tertiary alicyclic amines) is 1. The Morgan fingerprint density at radius 2 is 2.10 bits per heavy atom. The Labute approximate surface area is 183 Å². The van der Waals surface area contributed by atoms with Crippen LogP contribution in [0.25, 0.3) is 11.1 Å². The number of aromatic amines is 1. The summed E-state index contributed by atoms with van der Waals surface area (Å²) in [5.41, 5.74) is 2.62. The van der Waals surface area contributed by atoms with Gasteiger partial charge in [0.15, 0.2) is 0 Å². The number of hydrogen-bond acceptors (Lipinski definition) is 5. The normalized spacial score (nSPS) is 19.0. The van der Waals surface area contributed by atoms with Crippen LogP contribution in [0.4, 0.5) is 5.69 Å². The number of nitrogens with one attached hydrogen (secondary N) is 2. The van der Waals surface area contributed by atoms with E-state index in [2.05, 4.69) is 20.2 Å². The van der Waals surface area contributed by atoms with E-state index in [1.54, 1.807) is 24.7 Å². The van der Waals surface area contributed by atoms with Crippen molar-refractivity contribution in [2.45, 2.75) is 31.7 Å². The summed E-state index contributed by atoms with van der Waals surface area (Å²) in [5.74, 6) is 0.677. The van der Waals surface area contributed by atoms with Gasteiger partial charge in [-0.15, -0.1) is 0 Å². The monoisotopic (exact) mass is 421 g/mol. The van der Waals surface area contributed by atoms with Crippen molar-refractivity contribution in [3.8, 4) is 11.1 Å². The summed E-state index contributed by atoms with van der Waals surface area (Å²) in [7, 11) is 1.86. The zero-order chi connectivity index (χ0) is 21.6. The third kappa shape index (κ3) is 5.41. The standard InChI is InChI=1S/C24H31N5O2/c1-25-10-2-5-23(30)28-13-3-4-21(17-28)29(16-18-6-7-18)22-14-20(15-27-24(22)31)19-8-11-26-12-9-19/h2,5,8-9,11-12,14-15,18,21,25H,3-4,6-7,10,13,16-17H2,1H3,(H,27,31)/b5-2+/t21-/m0/s1. The van der Waals surface area contributed by atoms with Crippen LogP contribution in [0, 0.1) is 5.92 Å². The average molecular weight is 422 g/mol. The van der Waals surface area contributed by atoms with E-state index >= 15 is 0 Å². The smallest absolute Gasteiger partial charge is 0.271 e. The number of amides is 1. The van der Waals surface area contributed by atoms with Gasteiger partial charge in [-0.3, -0.25) is 14.6 Å². The second-order valence-electron chi connectivity index (χ2n) is 8.47. The molecule has 1 atom stereocenters. The van der Waals surface area contributed by atoms with Crippen LogP contribution in [0.1, 0.15) is 25.7 Å². The summed E-state index contributed by atoms with van der Waals surface area (Å²) < 4.78 is 0. The lowest BCUT2D eigenvalue weighted by molar-refractivity contribution is -0.127. The molecule has 1 saturated carbocycles. The second-order valence-corrected chi connectivity index (χ2v) is 8.47. The molecule has 1 aliphatic heterocycles. The predicted molar refractivity (Wildman–Crippen MR) is 123 cm³/mol. The van der Waals surface area contributed by atoms with Crippen molar-refractivity contribution in [2.24, 2.45) is 5.92 Å². The van der Waals surface area contributed by atoms with Gasteiger partial charge >= 0.3 is 0 Å². The minimum absolute atomic E-state index is 0.0470. The minimum Gasteiger partial charge on any atom is -0.362 e. The first kappa shape index (κ1) is 21.3. The number of pyridine rings is 2. The molecule has 2 aliphatic rings. The van der Waals surface area contributed by atoms with Crippen LogP contribution in [0.15, 0.2) is 53.7 Å². The Morgan fingerprint density at radius 3 is 2.84 bits per heavy atom. The summed E-state index contributed by atoms with van der Waals surface area (Å²) in [4.78, 5) is 36.7. The van der Waals surface area contributed by atoms with Gasteiger partial charge in [-0.1, -0.05) is 6.08 Å². The average Bonchev–Trinajstić information content (AvgIpc) is 3.63. The van der Waals surface area contributed by atoms with Crippen LogP contribution in [0.5, 0.6) is 0 Å². The number of anilines is 1. The molecule has 2 aromatic rings. The van der Waals surface area contributed by atoms with E-state index in [9.17, 15) is 9.59 Å². The molecule has 3 heterocycles. The van der Waals surface area contributed by atoms with E-state index in [1.165, 1.54) is 12.8 Å². The number of piperidine rings is 1. The van der Waals surface area contributed by atoms with E-state index in [0.29, 0.717) is 24.7 Å². The minimum atomic E-state index is -0.0733. The first-order valence-corrected chi connectivity index (χ1v) is 11.2. The fourth-order valence-corrected chi connectivity index (χ4v) is 4.21. The zero-order valence-corrected chi connectivity index (χ0v) is 18.1. The molecule has 2 aromatic heterocycles. The summed E-state index contributed by atoms with van der Waals surface area (Å²) in [6.45, 7) is 2.96. The molecule has 1 aliphatic carbocycles. The highest BCUT2D eigenvalue weighted by Gasteiger charge is 2.33. The molecule has 0 radical (unpaired) electrons. The molecule has 7 nitrogen and oxygen atoms in total. The van der Waals surface area contributed by atoms with Crippen LogP contribution in [-0.4, -0.2) is 60.0 Å². The number of hydrogen-bond donors (Lipinski definition) is 2. The van der Waals surface area contributed by atoms with E-state index in [-0.39, 0.29) is 17.5 Å². The van der Waals surface area contributed by atoms with Gasteiger partial charge in [-0.2, -0.15) is 0 Å². The summed E-state index contributed by atoms with van der Waals surface area (Å²) >= 11 is 0. The Morgan fingerprint density at radius 1 is 1.29 bits per heavy atom. The van der Waals surface area contributed by atoms with Crippen molar-refractivity contribution in [1.82, 2.24) is 20.2 Å². The highest BCUT2D eigenvalue weighted by Crippen LogP contribution is 2.33.